The van der Waals surface area contributed by atoms with Crippen molar-refractivity contribution in [2.75, 3.05) is 13.1 Å². The number of nitrogens with one attached hydrogen (secondary N) is 1. The van der Waals surface area contributed by atoms with Gasteiger partial charge in [-0.3, -0.25) is 4.90 Å². The molecule has 0 spiro atoms. The van der Waals surface area contributed by atoms with Crippen LogP contribution in [0, 0.1) is 0 Å². The Balaban J connectivity index is 1.73. The van der Waals surface area contributed by atoms with Gasteiger partial charge in [-0.15, -0.1) is 0 Å². The fourth-order valence-corrected chi connectivity index (χ4v) is 3.43. The van der Waals surface area contributed by atoms with E-state index in [9.17, 15) is 0 Å². The van der Waals surface area contributed by atoms with Crippen LogP contribution in [0.1, 0.15) is 37.8 Å². The van der Waals surface area contributed by atoms with Gasteiger partial charge in [-0.05, 0) is 24.8 Å². The van der Waals surface area contributed by atoms with Crippen LogP contribution < -0.4 is 5.32 Å². The third-order valence-electron chi connectivity index (χ3n) is 4.59. The van der Waals surface area contributed by atoms with E-state index >= 15 is 0 Å². The summed E-state index contributed by atoms with van der Waals surface area (Å²) in [5.41, 5.74) is 1.42. The SMILES string of the molecule is CCC1CNC(c2ccccc2)CN1C1CC=CC1. The van der Waals surface area contributed by atoms with E-state index in [0.29, 0.717) is 12.1 Å². The average molecular weight is 256 g/mol. The Labute approximate surface area is 116 Å². The molecule has 0 bridgehead atoms. The first-order valence-corrected chi connectivity index (χ1v) is 7.57. The van der Waals surface area contributed by atoms with Gasteiger partial charge in [0, 0.05) is 31.2 Å². The van der Waals surface area contributed by atoms with Crippen LogP contribution in [-0.2, 0) is 0 Å². The van der Waals surface area contributed by atoms with Crippen molar-refractivity contribution in [1.82, 2.24) is 10.2 Å². The van der Waals surface area contributed by atoms with Gasteiger partial charge < -0.3 is 5.32 Å². The van der Waals surface area contributed by atoms with Gasteiger partial charge in [-0.25, -0.2) is 0 Å². The standard InChI is InChI=1S/C17H24N2/c1-2-15-12-18-17(14-8-4-3-5-9-14)13-19(15)16-10-6-7-11-16/h3-9,15-18H,2,10-13H2,1H3. The van der Waals surface area contributed by atoms with E-state index in [-0.39, 0.29) is 0 Å². The predicted molar refractivity (Wildman–Crippen MR) is 80.1 cm³/mol. The molecule has 1 saturated heterocycles. The minimum absolute atomic E-state index is 0.490. The first kappa shape index (κ1) is 12.9. The third kappa shape index (κ3) is 2.75. The van der Waals surface area contributed by atoms with Gasteiger partial charge in [-0.1, -0.05) is 49.4 Å². The van der Waals surface area contributed by atoms with Crippen molar-refractivity contribution in [3.05, 3.63) is 48.0 Å². The minimum Gasteiger partial charge on any atom is -0.307 e. The number of piperazine rings is 1. The molecule has 0 aromatic heterocycles. The number of benzene rings is 1. The molecule has 102 valence electrons. The Hall–Kier alpha value is -1.12. The van der Waals surface area contributed by atoms with Crippen LogP contribution in [0.2, 0.25) is 0 Å². The van der Waals surface area contributed by atoms with Crippen molar-refractivity contribution >= 4 is 0 Å². The lowest BCUT2D eigenvalue weighted by Crippen LogP contribution is -2.55. The molecule has 1 aliphatic heterocycles. The van der Waals surface area contributed by atoms with Crippen LogP contribution in [0.3, 0.4) is 0 Å². The molecule has 0 amide bonds. The zero-order valence-electron chi connectivity index (χ0n) is 11.8. The molecule has 1 fully saturated rings. The molecule has 0 radical (unpaired) electrons. The van der Waals surface area contributed by atoms with Gasteiger partial charge in [0.05, 0.1) is 0 Å². The molecule has 1 aliphatic carbocycles. The third-order valence-corrected chi connectivity index (χ3v) is 4.59. The fraction of sp³-hybridized carbons (Fsp3) is 0.529. The second-order valence-corrected chi connectivity index (χ2v) is 5.73. The number of nitrogens with zero attached hydrogens (tertiary/aromatic N) is 1. The summed E-state index contributed by atoms with van der Waals surface area (Å²) < 4.78 is 0. The van der Waals surface area contributed by atoms with Crippen molar-refractivity contribution < 1.29 is 0 Å². The highest BCUT2D eigenvalue weighted by molar-refractivity contribution is 5.20. The summed E-state index contributed by atoms with van der Waals surface area (Å²) in [5.74, 6) is 0. The molecule has 1 aromatic rings. The summed E-state index contributed by atoms with van der Waals surface area (Å²) in [5, 5.41) is 3.73. The summed E-state index contributed by atoms with van der Waals surface area (Å²) in [4.78, 5) is 2.74. The zero-order valence-corrected chi connectivity index (χ0v) is 11.8. The van der Waals surface area contributed by atoms with E-state index in [1.165, 1.54) is 24.8 Å². The monoisotopic (exact) mass is 256 g/mol. The lowest BCUT2D eigenvalue weighted by atomic mass is 9.98. The van der Waals surface area contributed by atoms with Gasteiger partial charge in [0.2, 0.25) is 0 Å². The Kier molecular flexibility index (Phi) is 4.00. The summed E-state index contributed by atoms with van der Waals surface area (Å²) in [6.45, 7) is 4.58. The Morgan fingerprint density at radius 1 is 1.16 bits per heavy atom. The molecule has 1 aromatic carbocycles. The Morgan fingerprint density at radius 3 is 2.58 bits per heavy atom. The molecule has 2 unspecified atom stereocenters. The maximum Gasteiger partial charge on any atom is 0.0450 e. The molecular formula is C17H24N2. The zero-order chi connectivity index (χ0) is 13.1. The van der Waals surface area contributed by atoms with Gasteiger partial charge in [0.1, 0.15) is 0 Å². The van der Waals surface area contributed by atoms with E-state index in [1.807, 2.05) is 0 Å². The predicted octanol–water partition coefficient (Wildman–Crippen LogP) is 3.13. The van der Waals surface area contributed by atoms with E-state index in [0.717, 1.165) is 19.1 Å². The maximum absolute atomic E-state index is 3.73. The second kappa shape index (κ2) is 5.89. The fourth-order valence-electron chi connectivity index (χ4n) is 3.43. The number of rotatable bonds is 3. The van der Waals surface area contributed by atoms with Crippen LogP contribution in [0.5, 0.6) is 0 Å². The first-order valence-electron chi connectivity index (χ1n) is 7.57. The van der Waals surface area contributed by atoms with Gasteiger partial charge >= 0.3 is 0 Å². The molecule has 2 nitrogen and oxygen atoms in total. The quantitative estimate of drug-likeness (QED) is 0.836. The highest BCUT2D eigenvalue weighted by Gasteiger charge is 2.32. The molecule has 0 saturated carbocycles. The van der Waals surface area contributed by atoms with Crippen molar-refractivity contribution in [3.63, 3.8) is 0 Å². The molecule has 2 atom stereocenters. The molecule has 3 rings (SSSR count). The van der Waals surface area contributed by atoms with Crippen LogP contribution in [0.4, 0.5) is 0 Å². The Bertz CT molecular complexity index is 416. The van der Waals surface area contributed by atoms with Crippen molar-refractivity contribution in [2.24, 2.45) is 0 Å². The largest absolute Gasteiger partial charge is 0.307 e. The number of hydrogen-bond acceptors (Lipinski definition) is 2. The molecule has 19 heavy (non-hydrogen) atoms. The maximum atomic E-state index is 3.73. The molecule has 2 heteroatoms. The summed E-state index contributed by atoms with van der Waals surface area (Å²) >= 11 is 0. The van der Waals surface area contributed by atoms with Gasteiger partial charge in [0.15, 0.2) is 0 Å². The lowest BCUT2D eigenvalue weighted by molar-refractivity contribution is 0.0835. The summed E-state index contributed by atoms with van der Waals surface area (Å²) in [6.07, 6.45) is 8.40. The van der Waals surface area contributed by atoms with E-state index in [2.05, 4.69) is 59.6 Å². The lowest BCUT2D eigenvalue weighted by Gasteiger charge is -2.43. The van der Waals surface area contributed by atoms with Crippen molar-refractivity contribution in [3.8, 4) is 0 Å². The first-order chi connectivity index (χ1) is 9.38. The Morgan fingerprint density at radius 2 is 1.89 bits per heavy atom. The van der Waals surface area contributed by atoms with E-state index in [4.69, 9.17) is 0 Å². The number of hydrogen-bond donors (Lipinski definition) is 1. The molecule has 2 aliphatic rings. The smallest absolute Gasteiger partial charge is 0.0450 e. The normalized spacial score (nSPS) is 28.9. The average Bonchev–Trinajstić information content (AvgIpc) is 3.01. The van der Waals surface area contributed by atoms with Crippen LogP contribution in [-0.4, -0.2) is 30.1 Å². The van der Waals surface area contributed by atoms with Crippen molar-refractivity contribution in [1.29, 1.82) is 0 Å². The molecular weight excluding hydrogens is 232 g/mol. The van der Waals surface area contributed by atoms with E-state index in [1.54, 1.807) is 0 Å². The molecule has 1 heterocycles. The minimum atomic E-state index is 0.490. The van der Waals surface area contributed by atoms with Crippen LogP contribution in [0.25, 0.3) is 0 Å². The second-order valence-electron chi connectivity index (χ2n) is 5.73. The highest BCUT2D eigenvalue weighted by atomic mass is 15.3. The summed E-state index contributed by atoms with van der Waals surface area (Å²) in [6, 6.07) is 12.8. The summed E-state index contributed by atoms with van der Waals surface area (Å²) in [7, 11) is 0. The van der Waals surface area contributed by atoms with Crippen LogP contribution in [0.15, 0.2) is 42.5 Å². The molecule has 1 N–H and O–H groups in total. The van der Waals surface area contributed by atoms with E-state index < -0.39 is 0 Å². The topological polar surface area (TPSA) is 15.3 Å². The van der Waals surface area contributed by atoms with Crippen LogP contribution >= 0.6 is 0 Å². The van der Waals surface area contributed by atoms with Gasteiger partial charge in [0.25, 0.3) is 0 Å². The van der Waals surface area contributed by atoms with Gasteiger partial charge in [-0.2, -0.15) is 0 Å². The highest BCUT2D eigenvalue weighted by Crippen LogP contribution is 2.27. The van der Waals surface area contributed by atoms with Crippen molar-refractivity contribution in [2.45, 2.75) is 44.3 Å².